The van der Waals surface area contributed by atoms with E-state index in [0.29, 0.717) is 13.0 Å². The fourth-order valence-electron chi connectivity index (χ4n) is 1.03. The molecule has 0 saturated heterocycles. The molecule has 5 nitrogen and oxygen atoms in total. The summed E-state index contributed by atoms with van der Waals surface area (Å²) in [5.74, 6) is -0.807. The van der Waals surface area contributed by atoms with Crippen molar-refractivity contribution in [1.29, 1.82) is 0 Å². The molecule has 0 aromatic rings. The summed E-state index contributed by atoms with van der Waals surface area (Å²) in [6, 6.07) is -0.251. The van der Waals surface area contributed by atoms with Gasteiger partial charge in [-0.2, -0.15) is 0 Å². The first kappa shape index (κ1) is 12.9. The van der Waals surface area contributed by atoms with E-state index in [4.69, 9.17) is 5.11 Å². The van der Waals surface area contributed by atoms with Crippen LogP contribution >= 0.6 is 0 Å². The van der Waals surface area contributed by atoms with Crippen LogP contribution in [0.3, 0.4) is 0 Å². The monoisotopic (exact) mass is 202 g/mol. The number of aliphatic carboxylic acids is 1. The number of hydrogen-bond donors (Lipinski definition) is 2. The van der Waals surface area contributed by atoms with Crippen molar-refractivity contribution in [2.24, 2.45) is 0 Å². The number of nitrogens with zero attached hydrogens (tertiary/aromatic N) is 1. The lowest BCUT2D eigenvalue weighted by atomic mass is 10.2. The van der Waals surface area contributed by atoms with Crippen LogP contribution in [0.4, 0.5) is 0 Å². The molecule has 82 valence electrons. The Kier molecular flexibility index (Phi) is 5.87. The zero-order valence-corrected chi connectivity index (χ0v) is 8.91. The molecule has 0 aliphatic carbocycles. The molecule has 5 heteroatoms. The van der Waals surface area contributed by atoms with Crippen molar-refractivity contribution in [3.63, 3.8) is 0 Å². The van der Waals surface area contributed by atoms with Gasteiger partial charge in [0.1, 0.15) is 0 Å². The van der Waals surface area contributed by atoms with Crippen LogP contribution in [0, 0.1) is 0 Å². The van der Waals surface area contributed by atoms with Gasteiger partial charge >= 0.3 is 5.97 Å². The van der Waals surface area contributed by atoms with E-state index in [1.165, 1.54) is 4.90 Å². The maximum Gasteiger partial charge on any atom is 0.303 e. The molecule has 0 heterocycles. The molecule has 0 aromatic carbocycles. The average Bonchev–Trinajstić information content (AvgIpc) is 2.10. The number of likely N-dealkylation sites (N-methyl/N-ethyl adjacent to an activating group) is 1. The Morgan fingerprint density at radius 2 is 2.00 bits per heavy atom. The number of carboxylic acids is 1. The number of amides is 1. The van der Waals surface area contributed by atoms with Crippen molar-refractivity contribution in [1.82, 2.24) is 10.2 Å². The summed E-state index contributed by atoms with van der Waals surface area (Å²) in [6.45, 7) is 2.32. The first-order valence-corrected chi connectivity index (χ1v) is 4.61. The van der Waals surface area contributed by atoms with Crippen molar-refractivity contribution < 1.29 is 14.7 Å². The molecule has 0 fully saturated rings. The highest BCUT2D eigenvalue weighted by Gasteiger charge is 2.13. The zero-order chi connectivity index (χ0) is 11.1. The van der Waals surface area contributed by atoms with Gasteiger partial charge in [-0.15, -0.1) is 0 Å². The fourth-order valence-corrected chi connectivity index (χ4v) is 1.03. The van der Waals surface area contributed by atoms with Gasteiger partial charge in [-0.1, -0.05) is 0 Å². The Morgan fingerprint density at radius 1 is 1.43 bits per heavy atom. The molecule has 0 rings (SSSR count). The summed E-state index contributed by atoms with van der Waals surface area (Å²) in [5, 5.41) is 11.3. The van der Waals surface area contributed by atoms with Crippen molar-refractivity contribution in [3.05, 3.63) is 0 Å². The molecule has 0 aliphatic heterocycles. The Morgan fingerprint density at radius 3 is 2.43 bits per heavy atom. The van der Waals surface area contributed by atoms with Crippen LogP contribution in [0.2, 0.25) is 0 Å². The smallest absolute Gasteiger partial charge is 0.303 e. The first-order chi connectivity index (χ1) is 6.45. The molecule has 0 aromatic heterocycles. The molecule has 14 heavy (non-hydrogen) atoms. The van der Waals surface area contributed by atoms with Crippen LogP contribution in [-0.2, 0) is 9.59 Å². The molecule has 0 spiro atoms. The van der Waals surface area contributed by atoms with Gasteiger partial charge in [0, 0.05) is 20.5 Å². The highest BCUT2D eigenvalue weighted by molar-refractivity contribution is 5.80. The van der Waals surface area contributed by atoms with E-state index in [0.717, 1.165) is 0 Å². The van der Waals surface area contributed by atoms with E-state index >= 15 is 0 Å². The lowest BCUT2D eigenvalue weighted by Gasteiger charge is -2.17. The third-order valence-corrected chi connectivity index (χ3v) is 1.83. The molecule has 0 saturated carbocycles. The number of nitrogens with one attached hydrogen (secondary N) is 1. The van der Waals surface area contributed by atoms with Gasteiger partial charge in [-0.05, 0) is 19.9 Å². The topological polar surface area (TPSA) is 69.6 Å². The van der Waals surface area contributed by atoms with Gasteiger partial charge in [-0.3, -0.25) is 9.59 Å². The van der Waals surface area contributed by atoms with Crippen LogP contribution in [-0.4, -0.2) is 48.6 Å². The van der Waals surface area contributed by atoms with E-state index < -0.39 is 5.97 Å². The summed E-state index contributed by atoms with van der Waals surface area (Å²) < 4.78 is 0. The number of hydrogen-bond acceptors (Lipinski definition) is 3. The van der Waals surface area contributed by atoms with Gasteiger partial charge in [0.05, 0.1) is 6.04 Å². The lowest BCUT2D eigenvalue weighted by Crippen LogP contribution is -2.41. The predicted molar refractivity (Wildman–Crippen MR) is 53.0 cm³/mol. The summed E-state index contributed by atoms with van der Waals surface area (Å²) in [4.78, 5) is 23.0. The van der Waals surface area contributed by atoms with Crippen molar-refractivity contribution in [2.45, 2.75) is 25.8 Å². The fraction of sp³-hybridized carbons (Fsp3) is 0.778. The third kappa shape index (κ3) is 5.53. The molecule has 1 atom stereocenters. The van der Waals surface area contributed by atoms with Gasteiger partial charge in [-0.25, -0.2) is 0 Å². The number of rotatable bonds is 6. The van der Waals surface area contributed by atoms with Crippen LogP contribution in [0.25, 0.3) is 0 Å². The normalized spacial score (nSPS) is 12.2. The maximum absolute atomic E-state index is 11.3. The van der Waals surface area contributed by atoms with E-state index in [2.05, 4.69) is 5.32 Å². The van der Waals surface area contributed by atoms with Crippen LogP contribution in [0.5, 0.6) is 0 Å². The molecule has 0 aliphatic rings. The molecule has 1 unspecified atom stereocenters. The Balaban J connectivity index is 3.59. The molecule has 0 radical (unpaired) electrons. The molecule has 0 bridgehead atoms. The minimum atomic E-state index is -0.807. The van der Waals surface area contributed by atoms with Crippen molar-refractivity contribution >= 4 is 11.9 Å². The number of carbonyl (C=O) groups is 2. The standard InChI is InChI=1S/C9H18N2O3/c1-7(9(14)11(2)3)10-6-4-5-8(12)13/h7,10H,4-6H2,1-3H3,(H,12,13). The summed E-state index contributed by atoms with van der Waals surface area (Å²) in [6.07, 6.45) is 0.677. The molecular formula is C9H18N2O3. The zero-order valence-electron chi connectivity index (χ0n) is 8.91. The molecule has 2 N–H and O–H groups in total. The Labute approximate surface area is 84.1 Å². The van der Waals surface area contributed by atoms with Gasteiger partial charge in [0.15, 0.2) is 0 Å². The minimum Gasteiger partial charge on any atom is -0.481 e. The quantitative estimate of drug-likeness (QED) is 0.591. The SMILES string of the molecule is CC(NCCCC(=O)O)C(=O)N(C)C. The Bertz CT molecular complexity index is 204. The van der Waals surface area contributed by atoms with Crippen molar-refractivity contribution in [3.8, 4) is 0 Å². The summed E-state index contributed by atoms with van der Waals surface area (Å²) >= 11 is 0. The second kappa shape index (κ2) is 6.37. The van der Waals surface area contributed by atoms with Gasteiger partial charge < -0.3 is 15.3 Å². The largest absolute Gasteiger partial charge is 0.481 e. The van der Waals surface area contributed by atoms with Gasteiger partial charge in [0.25, 0.3) is 0 Å². The Hall–Kier alpha value is -1.10. The van der Waals surface area contributed by atoms with Gasteiger partial charge in [0.2, 0.25) is 5.91 Å². The predicted octanol–water partition coefficient (Wildman–Crippen LogP) is -0.0825. The molecular weight excluding hydrogens is 184 g/mol. The first-order valence-electron chi connectivity index (χ1n) is 4.61. The molecule has 1 amide bonds. The van der Waals surface area contributed by atoms with E-state index in [1.807, 2.05) is 0 Å². The second-order valence-corrected chi connectivity index (χ2v) is 3.41. The summed E-state index contributed by atoms with van der Waals surface area (Å²) in [7, 11) is 3.38. The minimum absolute atomic E-state index is 0.000301. The van der Waals surface area contributed by atoms with Crippen molar-refractivity contribution in [2.75, 3.05) is 20.6 Å². The van der Waals surface area contributed by atoms with E-state index in [9.17, 15) is 9.59 Å². The number of carboxylic acid groups (broad SMARTS) is 1. The van der Waals surface area contributed by atoms with Crippen LogP contribution in [0.1, 0.15) is 19.8 Å². The highest BCUT2D eigenvalue weighted by atomic mass is 16.4. The van der Waals surface area contributed by atoms with E-state index in [-0.39, 0.29) is 18.4 Å². The maximum atomic E-state index is 11.3. The summed E-state index contributed by atoms with van der Waals surface area (Å²) in [5.41, 5.74) is 0. The van der Waals surface area contributed by atoms with E-state index in [1.54, 1.807) is 21.0 Å². The van der Waals surface area contributed by atoms with Crippen LogP contribution < -0.4 is 5.32 Å². The number of carbonyl (C=O) groups excluding carboxylic acids is 1. The third-order valence-electron chi connectivity index (χ3n) is 1.83. The van der Waals surface area contributed by atoms with Crippen LogP contribution in [0.15, 0.2) is 0 Å². The second-order valence-electron chi connectivity index (χ2n) is 3.41. The lowest BCUT2D eigenvalue weighted by molar-refractivity contribution is -0.137. The highest BCUT2D eigenvalue weighted by Crippen LogP contribution is 1.91. The average molecular weight is 202 g/mol.